The first-order valence-corrected chi connectivity index (χ1v) is 9.16. The smallest absolute Gasteiger partial charge is 0.259 e. The topological polar surface area (TPSA) is 62.7 Å². The summed E-state index contributed by atoms with van der Waals surface area (Å²) in [5.41, 5.74) is 5.04. The summed E-state index contributed by atoms with van der Waals surface area (Å²) in [6, 6.07) is 24.7. The molecule has 3 aromatic rings. The minimum absolute atomic E-state index is 0.0627. The summed E-state index contributed by atoms with van der Waals surface area (Å²) in [6.07, 6.45) is 1.56. The number of anilines is 1. The molecule has 0 saturated heterocycles. The Bertz CT molecular complexity index is 945. The maximum Gasteiger partial charge on any atom is 0.259 e. The number of carbonyl (C=O) groups is 1. The lowest BCUT2D eigenvalue weighted by Crippen LogP contribution is -2.26. The number of nitrogens with zero attached hydrogens (tertiary/aromatic N) is 1. The predicted octanol–water partition coefficient (Wildman–Crippen LogP) is 4.48. The molecular weight excluding hydrogens is 374 g/mol. The maximum atomic E-state index is 12.0. The van der Waals surface area contributed by atoms with Crippen molar-refractivity contribution < 1.29 is 9.53 Å². The molecule has 3 rings (SSSR count). The molecule has 2 N–H and O–H groups in total. The number of nitrogens with one attached hydrogen (secondary N) is 2. The number of hydrogen-bond acceptors (Lipinski definition) is 4. The standard InChI is InChI=1S/C22H20ClN3O2/c23-19-11-5-6-12-20(19)24-15-22(27)26-25-14-18-10-4-7-13-21(18)28-16-17-8-2-1-3-9-17/h1-14,24H,15-16H2,(H,26,27). The summed E-state index contributed by atoms with van der Waals surface area (Å²) in [4.78, 5) is 12.0. The van der Waals surface area contributed by atoms with Gasteiger partial charge in [0.15, 0.2) is 0 Å². The number of benzene rings is 3. The Balaban J connectivity index is 1.52. The van der Waals surface area contributed by atoms with E-state index in [9.17, 15) is 4.79 Å². The Morgan fingerprint density at radius 2 is 1.68 bits per heavy atom. The number of para-hydroxylation sites is 2. The SMILES string of the molecule is O=C(CNc1ccccc1Cl)NN=Cc1ccccc1OCc1ccccc1. The molecule has 5 nitrogen and oxygen atoms in total. The van der Waals surface area contributed by atoms with Gasteiger partial charge in [-0.25, -0.2) is 5.43 Å². The van der Waals surface area contributed by atoms with Gasteiger partial charge in [0.1, 0.15) is 12.4 Å². The van der Waals surface area contributed by atoms with Gasteiger partial charge in [0.2, 0.25) is 0 Å². The fourth-order valence-corrected chi connectivity index (χ4v) is 2.65. The van der Waals surface area contributed by atoms with Gasteiger partial charge in [-0.1, -0.05) is 66.2 Å². The number of amides is 1. The Labute approximate surface area is 169 Å². The zero-order valence-corrected chi connectivity index (χ0v) is 15.9. The van der Waals surface area contributed by atoms with E-state index in [-0.39, 0.29) is 12.5 Å². The van der Waals surface area contributed by atoms with Gasteiger partial charge in [-0.05, 0) is 29.8 Å². The molecule has 1 amide bonds. The molecule has 0 unspecified atom stereocenters. The lowest BCUT2D eigenvalue weighted by molar-refractivity contribution is -0.119. The summed E-state index contributed by atoms with van der Waals surface area (Å²) in [5, 5.41) is 7.54. The molecule has 0 atom stereocenters. The monoisotopic (exact) mass is 393 g/mol. The van der Waals surface area contributed by atoms with Crippen LogP contribution in [0.5, 0.6) is 5.75 Å². The van der Waals surface area contributed by atoms with E-state index in [4.69, 9.17) is 16.3 Å². The highest BCUT2D eigenvalue weighted by Gasteiger charge is 2.04. The number of ether oxygens (including phenoxy) is 1. The first-order valence-electron chi connectivity index (χ1n) is 8.78. The van der Waals surface area contributed by atoms with Crippen molar-refractivity contribution in [3.63, 3.8) is 0 Å². The zero-order chi connectivity index (χ0) is 19.6. The van der Waals surface area contributed by atoms with E-state index < -0.39 is 0 Å². The van der Waals surface area contributed by atoms with Crippen LogP contribution in [0, 0.1) is 0 Å². The average Bonchev–Trinajstić information content (AvgIpc) is 2.73. The van der Waals surface area contributed by atoms with Crippen LogP contribution in [0.25, 0.3) is 0 Å². The van der Waals surface area contributed by atoms with Crippen molar-refractivity contribution in [3.8, 4) is 5.75 Å². The first kappa shape index (κ1) is 19.5. The van der Waals surface area contributed by atoms with Gasteiger partial charge >= 0.3 is 0 Å². The van der Waals surface area contributed by atoms with Crippen molar-refractivity contribution in [2.45, 2.75) is 6.61 Å². The first-order chi connectivity index (χ1) is 13.7. The molecule has 0 aliphatic rings. The van der Waals surface area contributed by atoms with E-state index in [1.54, 1.807) is 18.3 Å². The molecule has 0 aliphatic heterocycles. The van der Waals surface area contributed by atoms with Gasteiger partial charge in [-0.2, -0.15) is 5.10 Å². The second kappa shape index (κ2) is 10.1. The van der Waals surface area contributed by atoms with E-state index in [1.165, 1.54) is 0 Å². The van der Waals surface area contributed by atoms with E-state index in [1.807, 2.05) is 66.7 Å². The van der Waals surface area contributed by atoms with E-state index >= 15 is 0 Å². The number of hydrogen-bond donors (Lipinski definition) is 2. The molecule has 142 valence electrons. The zero-order valence-electron chi connectivity index (χ0n) is 15.1. The van der Waals surface area contributed by atoms with Gasteiger partial charge in [-0.15, -0.1) is 0 Å². The minimum atomic E-state index is -0.279. The van der Waals surface area contributed by atoms with Crippen LogP contribution in [0.3, 0.4) is 0 Å². The number of carbonyl (C=O) groups excluding carboxylic acids is 1. The molecular formula is C22H20ClN3O2. The molecule has 3 aromatic carbocycles. The van der Waals surface area contributed by atoms with Crippen LogP contribution in [0.15, 0.2) is 84.0 Å². The lowest BCUT2D eigenvalue weighted by Gasteiger charge is -2.09. The van der Waals surface area contributed by atoms with Crippen molar-refractivity contribution in [1.29, 1.82) is 0 Å². The third kappa shape index (κ3) is 5.86. The van der Waals surface area contributed by atoms with Crippen molar-refractivity contribution in [1.82, 2.24) is 5.43 Å². The predicted molar refractivity (Wildman–Crippen MR) is 113 cm³/mol. The third-order valence-electron chi connectivity index (χ3n) is 3.86. The fraction of sp³-hybridized carbons (Fsp3) is 0.0909. The van der Waals surface area contributed by atoms with Crippen LogP contribution in [0.1, 0.15) is 11.1 Å². The van der Waals surface area contributed by atoms with Crippen LogP contribution < -0.4 is 15.5 Å². The van der Waals surface area contributed by atoms with Crippen LogP contribution in [-0.4, -0.2) is 18.7 Å². The molecule has 0 aromatic heterocycles. The van der Waals surface area contributed by atoms with Crippen LogP contribution in [0.4, 0.5) is 5.69 Å². The highest BCUT2D eigenvalue weighted by Crippen LogP contribution is 2.20. The van der Waals surface area contributed by atoms with Crippen molar-refractivity contribution in [2.24, 2.45) is 5.10 Å². The molecule has 0 heterocycles. The molecule has 0 aliphatic carbocycles. The van der Waals surface area contributed by atoms with E-state index in [0.29, 0.717) is 23.1 Å². The minimum Gasteiger partial charge on any atom is -0.488 e. The molecule has 28 heavy (non-hydrogen) atoms. The van der Waals surface area contributed by atoms with Crippen molar-refractivity contribution >= 4 is 29.4 Å². The Morgan fingerprint density at radius 1 is 0.964 bits per heavy atom. The molecule has 0 fully saturated rings. The molecule has 6 heteroatoms. The van der Waals surface area contributed by atoms with Gasteiger partial charge < -0.3 is 10.1 Å². The van der Waals surface area contributed by atoms with Crippen LogP contribution >= 0.6 is 11.6 Å². The lowest BCUT2D eigenvalue weighted by atomic mass is 10.2. The Hall–Kier alpha value is -3.31. The van der Waals surface area contributed by atoms with Gasteiger partial charge in [-0.3, -0.25) is 4.79 Å². The van der Waals surface area contributed by atoms with Crippen LogP contribution in [0.2, 0.25) is 5.02 Å². The summed E-state index contributed by atoms with van der Waals surface area (Å²) < 4.78 is 5.87. The second-order valence-electron chi connectivity index (χ2n) is 5.94. The van der Waals surface area contributed by atoms with Crippen LogP contribution in [-0.2, 0) is 11.4 Å². The Kier molecular flexibility index (Phi) is 7.04. The average molecular weight is 394 g/mol. The molecule has 0 bridgehead atoms. The third-order valence-corrected chi connectivity index (χ3v) is 4.19. The largest absolute Gasteiger partial charge is 0.488 e. The van der Waals surface area contributed by atoms with Gasteiger partial charge in [0.05, 0.1) is 23.5 Å². The fourth-order valence-electron chi connectivity index (χ4n) is 2.45. The maximum absolute atomic E-state index is 12.0. The number of halogens is 1. The summed E-state index contributed by atoms with van der Waals surface area (Å²) in [7, 11) is 0. The van der Waals surface area contributed by atoms with Crippen molar-refractivity contribution in [3.05, 3.63) is 95.0 Å². The summed E-state index contributed by atoms with van der Waals surface area (Å²) in [5.74, 6) is 0.414. The van der Waals surface area contributed by atoms with Gasteiger partial charge in [0.25, 0.3) is 5.91 Å². The highest BCUT2D eigenvalue weighted by atomic mass is 35.5. The quantitative estimate of drug-likeness (QED) is 0.438. The van der Waals surface area contributed by atoms with E-state index in [2.05, 4.69) is 15.8 Å². The molecule has 0 radical (unpaired) electrons. The van der Waals surface area contributed by atoms with E-state index in [0.717, 1.165) is 11.1 Å². The number of hydrazone groups is 1. The normalized spacial score (nSPS) is 10.6. The Morgan fingerprint density at radius 3 is 2.50 bits per heavy atom. The summed E-state index contributed by atoms with van der Waals surface area (Å²) in [6.45, 7) is 0.521. The molecule has 0 saturated carbocycles. The van der Waals surface area contributed by atoms with Crippen molar-refractivity contribution in [2.75, 3.05) is 11.9 Å². The summed E-state index contributed by atoms with van der Waals surface area (Å²) >= 11 is 6.05. The second-order valence-corrected chi connectivity index (χ2v) is 6.35. The highest BCUT2D eigenvalue weighted by molar-refractivity contribution is 6.33. The number of rotatable bonds is 8. The van der Waals surface area contributed by atoms with Gasteiger partial charge in [0, 0.05) is 5.56 Å². The molecule has 0 spiro atoms.